The lowest BCUT2D eigenvalue weighted by Gasteiger charge is -2.23. The lowest BCUT2D eigenvalue weighted by molar-refractivity contribution is -0.127. The number of benzene rings is 1. The second-order valence-electron chi connectivity index (χ2n) is 5.60. The fraction of sp³-hybridized carbons (Fsp3) is 0.500. The highest BCUT2D eigenvalue weighted by Crippen LogP contribution is 2.23. The van der Waals surface area contributed by atoms with Gasteiger partial charge in [-0.2, -0.15) is 0 Å². The van der Waals surface area contributed by atoms with E-state index in [1.54, 1.807) is 0 Å². The normalized spacial score (nSPS) is 16.1. The summed E-state index contributed by atoms with van der Waals surface area (Å²) >= 11 is 0. The molecule has 0 aliphatic carbocycles. The van der Waals surface area contributed by atoms with E-state index in [1.165, 1.54) is 18.4 Å². The summed E-state index contributed by atoms with van der Waals surface area (Å²) in [4.78, 5) is 14.0. The summed E-state index contributed by atoms with van der Waals surface area (Å²) in [5.41, 5.74) is 3.30. The molecule has 2 heteroatoms. The monoisotopic (exact) mass is 271 g/mol. The molecule has 20 heavy (non-hydrogen) atoms. The van der Waals surface area contributed by atoms with E-state index in [0.29, 0.717) is 6.42 Å². The van der Waals surface area contributed by atoms with Crippen molar-refractivity contribution >= 4 is 11.6 Å². The minimum Gasteiger partial charge on any atom is -0.312 e. The van der Waals surface area contributed by atoms with Gasteiger partial charge in [0.15, 0.2) is 0 Å². The van der Waals surface area contributed by atoms with Crippen molar-refractivity contribution in [3.63, 3.8) is 0 Å². The van der Waals surface area contributed by atoms with Gasteiger partial charge in [0.2, 0.25) is 5.91 Å². The van der Waals surface area contributed by atoms with E-state index in [4.69, 9.17) is 0 Å². The maximum atomic E-state index is 12.1. The molecule has 108 valence electrons. The quantitative estimate of drug-likeness (QED) is 0.777. The molecule has 0 saturated carbocycles. The Morgan fingerprint density at radius 3 is 2.65 bits per heavy atom. The van der Waals surface area contributed by atoms with Crippen LogP contribution in [0.1, 0.15) is 56.6 Å². The third kappa shape index (κ3) is 3.72. The van der Waals surface area contributed by atoms with Crippen LogP contribution in [0.15, 0.2) is 30.8 Å². The van der Waals surface area contributed by atoms with Gasteiger partial charge in [-0.3, -0.25) is 4.79 Å². The van der Waals surface area contributed by atoms with Crippen molar-refractivity contribution in [3.05, 3.63) is 42.0 Å². The molecule has 0 N–H and O–H groups in total. The standard InChI is InChI=1S/C18H25NO/c1-3-4-8-16-10-12-17(13-11-16)15(2)19-14-7-5-6-9-18(19)20/h10-13H,2-9,14H2,1H3. The lowest BCUT2D eigenvalue weighted by Crippen LogP contribution is -2.28. The van der Waals surface area contributed by atoms with Gasteiger partial charge in [0, 0.05) is 18.7 Å². The molecule has 0 radical (unpaired) electrons. The third-order valence-corrected chi connectivity index (χ3v) is 4.01. The minimum absolute atomic E-state index is 0.225. The molecule has 0 aromatic heterocycles. The number of hydrogen-bond donors (Lipinski definition) is 0. The van der Waals surface area contributed by atoms with Crippen LogP contribution in [0.3, 0.4) is 0 Å². The van der Waals surface area contributed by atoms with Crippen molar-refractivity contribution in [2.24, 2.45) is 0 Å². The van der Waals surface area contributed by atoms with Crippen LogP contribution in [-0.2, 0) is 11.2 Å². The fourth-order valence-corrected chi connectivity index (χ4v) is 2.67. The zero-order chi connectivity index (χ0) is 14.4. The Morgan fingerprint density at radius 2 is 1.95 bits per heavy atom. The van der Waals surface area contributed by atoms with E-state index in [-0.39, 0.29) is 5.91 Å². The topological polar surface area (TPSA) is 20.3 Å². The van der Waals surface area contributed by atoms with Gasteiger partial charge in [0.1, 0.15) is 0 Å². The molecule has 0 bridgehead atoms. The number of likely N-dealkylation sites (tertiary alicyclic amines) is 1. The molecular weight excluding hydrogens is 246 g/mol. The van der Waals surface area contributed by atoms with Crippen LogP contribution in [0.4, 0.5) is 0 Å². The second-order valence-corrected chi connectivity index (χ2v) is 5.60. The first-order chi connectivity index (χ1) is 9.72. The van der Waals surface area contributed by atoms with Crippen molar-refractivity contribution in [3.8, 4) is 0 Å². The van der Waals surface area contributed by atoms with E-state index in [1.807, 2.05) is 4.90 Å². The molecule has 1 aliphatic rings. The summed E-state index contributed by atoms with van der Waals surface area (Å²) in [6, 6.07) is 8.54. The summed E-state index contributed by atoms with van der Waals surface area (Å²) in [6.45, 7) is 7.16. The highest BCUT2D eigenvalue weighted by molar-refractivity contribution is 5.86. The summed E-state index contributed by atoms with van der Waals surface area (Å²) in [7, 11) is 0. The lowest BCUT2D eigenvalue weighted by atomic mass is 10.0. The third-order valence-electron chi connectivity index (χ3n) is 4.01. The maximum Gasteiger partial charge on any atom is 0.226 e. The molecule has 1 aliphatic heterocycles. The largest absolute Gasteiger partial charge is 0.312 e. The van der Waals surface area contributed by atoms with Gasteiger partial charge >= 0.3 is 0 Å². The molecule has 0 atom stereocenters. The van der Waals surface area contributed by atoms with Gasteiger partial charge in [0.25, 0.3) is 0 Å². The van der Waals surface area contributed by atoms with Gasteiger partial charge in [-0.1, -0.05) is 50.6 Å². The van der Waals surface area contributed by atoms with Crippen LogP contribution in [0.2, 0.25) is 0 Å². The van der Waals surface area contributed by atoms with Crippen molar-refractivity contribution in [2.75, 3.05) is 6.54 Å². The molecule has 1 heterocycles. The van der Waals surface area contributed by atoms with Crippen LogP contribution < -0.4 is 0 Å². The summed E-state index contributed by atoms with van der Waals surface area (Å²) < 4.78 is 0. The highest BCUT2D eigenvalue weighted by Gasteiger charge is 2.19. The number of unbranched alkanes of at least 4 members (excludes halogenated alkanes) is 1. The molecule has 1 aromatic carbocycles. The number of amides is 1. The van der Waals surface area contributed by atoms with Gasteiger partial charge < -0.3 is 4.90 Å². The Balaban J connectivity index is 2.06. The zero-order valence-electron chi connectivity index (χ0n) is 12.5. The first-order valence-electron chi connectivity index (χ1n) is 7.81. The zero-order valence-corrected chi connectivity index (χ0v) is 12.5. The molecule has 1 saturated heterocycles. The summed E-state index contributed by atoms with van der Waals surface area (Å²) in [6.07, 6.45) is 7.48. The van der Waals surface area contributed by atoms with E-state index in [2.05, 4.69) is 37.8 Å². The van der Waals surface area contributed by atoms with Gasteiger partial charge in [-0.25, -0.2) is 0 Å². The van der Waals surface area contributed by atoms with E-state index < -0.39 is 0 Å². The summed E-state index contributed by atoms with van der Waals surface area (Å²) in [5.74, 6) is 0.225. The van der Waals surface area contributed by atoms with Gasteiger partial charge in [-0.15, -0.1) is 0 Å². The average Bonchev–Trinajstić information content (AvgIpc) is 2.69. The van der Waals surface area contributed by atoms with E-state index in [0.717, 1.165) is 43.5 Å². The molecule has 0 unspecified atom stereocenters. The van der Waals surface area contributed by atoms with Crippen molar-refractivity contribution in [2.45, 2.75) is 51.9 Å². The Bertz CT molecular complexity index is 461. The van der Waals surface area contributed by atoms with Crippen LogP contribution in [0.25, 0.3) is 5.70 Å². The molecule has 1 amide bonds. The second kappa shape index (κ2) is 7.28. The number of rotatable bonds is 5. The SMILES string of the molecule is C=C(c1ccc(CCCC)cc1)N1CCCCCC1=O. The smallest absolute Gasteiger partial charge is 0.226 e. The number of nitrogens with zero attached hydrogens (tertiary/aromatic N) is 1. The Morgan fingerprint density at radius 1 is 1.20 bits per heavy atom. The van der Waals surface area contributed by atoms with E-state index >= 15 is 0 Å². The molecule has 1 fully saturated rings. The van der Waals surface area contributed by atoms with Crippen LogP contribution >= 0.6 is 0 Å². The van der Waals surface area contributed by atoms with Crippen molar-refractivity contribution in [1.29, 1.82) is 0 Å². The van der Waals surface area contributed by atoms with Crippen LogP contribution in [-0.4, -0.2) is 17.4 Å². The molecule has 2 nitrogen and oxygen atoms in total. The number of carbonyl (C=O) groups excluding carboxylic acids is 1. The first-order valence-corrected chi connectivity index (χ1v) is 7.81. The molecule has 1 aromatic rings. The highest BCUT2D eigenvalue weighted by atomic mass is 16.2. The number of hydrogen-bond acceptors (Lipinski definition) is 1. The van der Waals surface area contributed by atoms with Gasteiger partial charge in [0.05, 0.1) is 0 Å². The predicted molar refractivity (Wildman–Crippen MR) is 84.3 cm³/mol. The van der Waals surface area contributed by atoms with Crippen LogP contribution in [0.5, 0.6) is 0 Å². The Kier molecular flexibility index (Phi) is 5.40. The molecule has 0 spiro atoms. The fourth-order valence-electron chi connectivity index (χ4n) is 2.67. The van der Waals surface area contributed by atoms with Crippen LogP contribution in [0, 0.1) is 0 Å². The van der Waals surface area contributed by atoms with E-state index in [9.17, 15) is 4.79 Å². The average molecular weight is 271 g/mol. The maximum absolute atomic E-state index is 12.1. The first kappa shape index (κ1) is 14.8. The Labute approximate surface area is 122 Å². The Hall–Kier alpha value is -1.57. The molecular formula is C18H25NO. The van der Waals surface area contributed by atoms with Gasteiger partial charge in [-0.05, 0) is 36.8 Å². The number of carbonyl (C=O) groups is 1. The van der Waals surface area contributed by atoms with Crippen molar-refractivity contribution in [1.82, 2.24) is 4.90 Å². The number of aryl methyl sites for hydroxylation is 1. The summed E-state index contributed by atoms with van der Waals surface area (Å²) in [5, 5.41) is 0. The minimum atomic E-state index is 0.225. The molecule has 2 rings (SSSR count). The van der Waals surface area contributed by atoms with Crippen molar-refractivity contribution < 1.29 is 4.79 Å². The predicted octanol–water partition coefficient (Wildman–Crippen LogP) is 4.40.